The van der Waals surface area contributed by atoms with Crippen molar-refractivity contribution in [2.45, 2.75) is 128 Å². The lowest BCUT2D eigenvalue weighted by Gasteiger charge is -2.28. The minimum atomic E-state index is -0.505. The number of benzene rings is 2. The van der Waals surface area contributed by atoms with Crippen LogP contribution in [0.5, 0.6) is 11.5 Å². The summed E-state index contributed by atoms with van der Waals surface area (Å²) in [5.74, 6) is 1.70. The highest BCUT2D eigenvalue weighted by Crippen LogP contribution is 2.37. The third-order valence-corrected chi connectivity index (χ3v) is 8.36. The SMILES string of the molecule is CCCCCCCCCCCCCC(C#N)(CCCC(CCc1cccc(OC)c1)/N=N/C)c1cccc(OC)c1. The molecular formula is C36H55N3O2. The molecule has 0 N–H and O–H groups in total. The van der Waals surface area contributed by atoms with Crippen LogP contribution >= 0.6 is 0 Å². The van der Waals surface area contributed by atoms with E-state index in [1.165, 1.54) is 69.8 Å². The van der Waals surface area contributed by atoms with Crippen LogP contribution in [-0.2, 0) is 11.8 Å². The minimum absolute atomic E-state index is 0.148. The van der Waals surface area contributed by atoms with Crippen molar-refractivity contribution in [1.82, 2.24) is 0 Å². The zero-order chi connectivity index (χ0) is 29.6. The van der Waals surface area contributed by atoms with Crippen molar-refractivity contribution in [1.29, 1.82) is 5.26 Å². The van der Waals surface area contributed by atoms with Gasteiger partial charge in [-0.1, -0.05) is 102 Å². The smallest absolute Gasteiger partial charge is 0.119 e. The number of azo groups is 1. The number of nitriles is 1. The monoisotopic (exact) mass is 561 g/mol. The first-order valence-electron chi connectivity index (χ1n) is 16.1. The van der Waals surface area contributed by atoms with Crippen LogP contribution < -0.4 is 9.47 Å². The van der Waals surface area contributed by atoms with Crippen molar-refractivity contribution in [3.05, 3.63) is 59.7 Å². The molecule has 2 rings (SSSR count). The molecule has 0 aliphatic heterocycles. The van der Waals surface area contributed by atoms with E-state index in [0.717, 1.165) is 62.0 Å². The van der Waals surface area contributed by atoms with Gasteiger partial charge in [0.15, 0.2) is 0 Å². The Balaban J connectivity index is 1.93. The summed E-state index contributed by atoms with van der Waals surface area (Å²) in [6, 6.07) is 19.3. The van der Waals surface area contributed by atoms with Gasteiger partial charge in [0, 0.05) is 7.05 Å². The Hall–Kier alpha value is -2.87. The van der Waals surface area contributed by atoms with Crippen LogP contribution in [0.2, 0.25) is 0 Å². The highest BCUT2D eigenvalue weighted by atomic mass is 16.5. The van der Waals surface area contributed by atoms with E-state index < -0.39 is 5.41 Å². The van der Waals surface area contributed by atoms with Gasteiger partial charge in [-0.05, 0) is 73.9 Å². The fourth-order valence-corrected chi connectivity index (χ4v) is 5.83. The zero-order valence-electron chi connectivity index (χ0n) is 26.4. The number of aryl methyl sites for hydroxylation is 1. The Kier molecular flexibility index (Phi) is 17.5. The van der Waals surface area contributed by atoms with Crippen LogP contribution in [0.15, 0.2) is 58.8 Å². The predicted molar refractivity (Wildman–Crippen MR) is 171 cm³/mol. The molecule has 0 aliphatic carbocycles. The number of hydrogen-bond acceptors (Lipinski definition) is 5. The fourth-order valence-electron chi connectivity index (χ4n) is 5.83. The second kappa shape index (κ2) is 20.9. The predicted octanol–water partition coefficient (Wildman–Crippen LogP) is 10.4. The largest absolute Gasteiger partial charge is 0.497 e. The van der Waals surface area contributed by atoms with Gasteiger partial charge in [0.2, 0.25) is 0 Å². The maximum atomic E-state index is 10.6. The highest BCUT2D eigenvalue weighted by molar-refractivity contribution is 5.38. The van der Waals surface area contributed by atoms with Crippen molar-refractivity contribution < 1.29 is 9.47 Å². The topological polar surface area (TPSA) is 67.0 Å². The van der Waals surface area contributed by atoms with Crippen LogP contribution in [0, 0.1) is 11.3 Å². The van der Waals surface area contributed by atoms with Crippen molar-refractivity contribution in [2.24, 2.45) is 10.2 Å². The highest BCUT2D eigenvalue weighted by Gasteiger charge is 2.32. The molecule has 0 aliphatic rings. The molecule has 0 aromatic heterocycles. The lowest BCUT2D eigenvalue weighted by Crippen LogP contribution is -2.25. The molecule has 226 valence electrons. The van der Waals surface area contributed by atoms with E-state index in [1.807, 2.05) is 24.3 Å². The van der Waals surface area contributed by atoms with Gasteiger partial charge in [-0.2, -0.15) is 15.5 Å². The molecule has 0 radical (unpaired) electrons. The van der Waals surface area contributed by atoms with Crippen LogP contribution in [0.25, 0.3) is 0 Å². The first-order chi connectivity index (χ1) is 20.1. The Labute approximate surface area is 250 Å². The number of nitrogens with zero attached hydrogens (tertiary/aromatic N) is 3. The lowest BCUT2D eigenvalue weighted by atomic mass is 9.73. The van der Waals surface area contributed by atoms with Gasteiger partial charge in [-0.15, -0.1) is 0 Å². The Morgan fingerprint density at radius 2 is 1.34 bits per heavy atom. The summed E-state index contributed by atoms with van der Waals surface area (Å²) in [5, 5.41) is 19.3. The van der Waals surface area contributed by atoms with E-state index in [-0.39, 0.29) is 6.04 Å². The minimum Gasteiger partial charge on any atom is -0.497 e. The fraction of sp³-hybridized carbons (Fsp3) is 0.639. The van der Waals surface area contributed by atoms with Crippen molar-refractivity contribution in [3.8, 4) is 17.6 Å². The molecule has 41 heavy (non-hydrogen) atoms. The maximum absolute atomic E-state index is 10.6. The molecular weight excluding hydrogens is 506 g/mol. The maximum Gasteiger partial charge on any atom is 0.119 e. The Morgan fingerprint density at radius 1 is 0.756 bits per heavy atom. The van der Waals surface area contributed by atoms with Gasteiger partial charge in [0.25, 0.3) is 0 Å². The number of methoxy groups -OCH3 is 2. The molecule has 5 heteroatoms. The van der Waals surface area contributed by atoms with Gasteiger partial charge < -0.3 is 9.47 Å². The summed E-state index contributed by atoms with van der Waals surface area (Å²) in [7, 11) is 5.15. The van der Waals surface area contributed by atoms with E-state index in [0.29, 0.717) is 0 Å². The van der Waals surface area contributed by atoms with Crippen LogP contribution in [0.1, 0.15) is 121 Å². The Morgan fingerprint density at radius 3 is 1.95 bits per heavy atom. The summed E-state index contributed by atoms with van der Waals surface area (Å²) in [4.78, 5) is 0. The Bertz CT molecular complexity index is 1030. The lowest BCUT2D eigenvalue weighted by molar-refractivity contribution is 0.392. The number of unbranched alkanes of at least 4 members (excludes halogenated alkanes) is 10. The molecule has 0 bridgehead atoms. The molecule has 5 nitrogen and oxygen atoms in total. The molecule has 2 aromatic rings. The average Bonchev–Trinajstić information content (AvgIpc) is 3.01. The third-order valence-electron chi connectivity index (χ3n) is 8.36. The van der Waals surface area contributed by atoms with Crippen LogP contribution in [0.4, 0.5) is 0 Å². The second-order valence-corrected chi connectivity index (χ2v) is 11.5. The molecule has 2 unspecified atom stereocenters. The molecule has 2 atom stereocenters. The van der Waals surface area contributed by atoms with Crippen LogP contribution in [0.3, 0.4) is 0 Å². The first kappa shape index (κ1) is 34.3. The number of ether oxygens (including phenoxy) is 2. The standard InChI is InChI=1S/C36H55N3O2/c1-5-6-7-8-9-10-11-12-13-14-15-26-36(30-37,32-20-17-23-35(29-32)41-4)27-18-21-33(39-38-2)25-24-31-19-16-22-34(28-31)40-3/h16-17,19-20,22-23,28-29,33H,5-15,18,21,24-27H2,1-4H3/b39-38+. The van der Waals surface area contributed by atoms with Crippen LogP contribution in [-0.4, -0.2) is 27.3 Å². The van der Waals surface area contributed by atoms with Crippen molar-refractivity contribution >= 4 is 0 Å². The molecule has 0 spiro atoms. The molecule has 2 aromatic carbocycles. The third kappa shape index (κ3) is 13.1. The van der Waals surface area contributed by atoms with E-state index in [1.54, 1.807) is 21.3 Å². The normalized spacial score (nSPS) is 13.5. The van der Waals surface area contributed by atoms with Crippen molar-refractivity contribution in [2.75, 3.05) is 21.3 Å². The summed E-state index contributed by atoms with van der Waals surface area (Å²) >= 11 is 0. The number of hydrogen-bond donors (Lipinski definition) is 0. The van der Waals surface area contributed by atoms with E-state index in [2.05, 4.69) is 47.5 Å². The molecule has 0 heterocycles. The average molecular weight is 562 g/mol. The summed E-state index contributed by atoms with van der Waals surface area (Å²) in [5.41, 5.74) is 1.82. The summed E-state index contributed by atoms with van der Waals surface area (Å²) in [6.07, 6.45) is 19.8. The summed E-state index contributed by atoms with van der Waals surface area (Å²) in [6.45, 7) is 2.27. The quantitative estimate of drug-likeness (QED) is 0.100. The van der Waals surface area contributed by atoms with Gasteiger partial charge in [-0.25, -0.2) is 0 Å². The van der Waals surface area contributed by atoms with E-state index in [9.17, 15) is 5.26 Å². The molecule has 0 fully saturated rings. The van der Waals surface area contributed by atoms with Gasteiger partial charge in [-0.3, -0.25) is 0 Å². The van der Waals surface area contributed by atoms with E-state index in [4.69, 9.17) is 9.47 Å². The zero-order valence-corrected chi connectivity index (χ0v) is 26.4. The van der Waals surface area contributed by atoms with Crippen molar-refractivity contribution in [3.63, 3.8) is 0 Å². The van der Waals surface area contributed by atoms with Gasteiger partial charge >= 0.3 is 0 Å². The van der Waals surface area contributed by atoms with E-state index >= 15 is 0 Å². The molecule has 0 saturated heterocycles. The summed E-state index contributed by atoms with van der Waals surface area (Å²) < 4.78 is 10.9. The second-order valence-electron chi connectivity index (χ2n) is 11.5. The molecule has 0 saturated carbocycles. The first-order valence-corrected chi connectivity index (χ1v) is 16.1. The van der Waals surface area contributed by atoms with Gasteiger partial charge in [0.1, 0.15) is 11.5 Å². The van der Waals surface area contributed by atoms with Gasteiger partial charge in [0.05, 0.1) is 31.7 Å². The molecule has 0 amide bonds. The number of rotatable bonds is 23.